The van der Waals surface area contributed by atoms with Gasteiger partial charge in [-0.2, -0.15) is 0 Å². The number of carbonyl (C=O) groups excluding carboxylic acids is 2. The maximum Gasteiger partial charge on any atom is 0.243 e. The van der Waals surface area contributed by atoms with E-state index in [9.17, 15) is 9.59 Å². The first-order valence-electron chi connectivity index (χ1n) is 13.1. The van der Waals surface area contributed by atoms with Crippen molar-refractivity contribution in [3.63, 3.8) is 0 Å². The van der Waals surface area contributed by atoms with E-state index in [1.54, 1.807) is 4.90 Å². The second-order valence-corrected chi connectivity index (χ2v) is 11.7. The largest absolute Gasteiger partial charge is 0.350 e. The SMILES string of the molecule is CC(C)(C)NC(=O)C(Cc1ccccc1)N(Cc1cccc(Br)c1)C(=O)CCc1cccc2ccccc12. The molecule has 0 radical (unpaired) electrons. The summed E-state index contributed by atoms with van der Waals surface area (Å²) in [5.41, 5.74) is 2.71. The predicted molar refractivity (Wildman–Crippen MR) is 159 cm³/mol. The summed E-state index contributed by atoms with van der Waals surface area (Å²) in [6.07, 6.45) is 1.36. The lowest BCUT2D eigenvalue weighted by Crippen LogP contribution is -2.54. The van der Waals surface area contributed by atoms with Gasteiger partial charge in [0, 0.05) is 29.4 Å². The molecule has 0 saturated carbocycles. The standard InChI is InChI=1S/C33H35BrN2O2/c1-33(2,3)35-32(38)30(22-24-11-5-4-6-12-24)36(23-25-13-9-17-28(34)21-25)31(37)20-19-27-16-10-15-26-14-7-8-18-29(26)27/h4-18,21,30H,19-20,22-23H2,1-3H3,(H,35,38). The molecule has 0 bridgehead atoms. The first-order chi connectivity index (χ1) is 18.2. The number of rotatable bonds is 9. The zero-order valence-corrected chi connectivity index (χ0v) is 23.9. The van der Waals surface area contributed by atoms with Gasteiger partial charge in [-0.15, -0.1) is 0 Å². The molecule has 0 fully saturated rings. The molecule has 0 aliphatic carbocycles. The van der Waals surface area contributed by atoms with Crippen molar-refractivity contribution < 1.29 is 9.59 Å². The number of nitrogens with zero attached hydrogens (tertiary/aromatic N) is 1. The van der Waals surface area contributed by atoms with Gasteiger partial charge >= 0.3 is 0 Å². The fourth-order valence-corrected chi connectivity index (χ4v) is 5.18. The number of hydrogen-bond acceptors (Lipinski definition) is 2. The summed E-state index contributed by atoms with van der Waals surface area (Å²) < 4.78 is 0.942. The van der Waals surface area contributed by atoms with E-state index in [1.165, 1.54) is 0 Å². The van der Waals surface area contributed by atoms with Gasteiger partial charge in [0.15, 0.2) is 0 Å². The number of nitrogens with one attached hydrogen (secondary N) is 1. The minimum atomic E-state index is -0.643. The van der Waals surface area contributed by atoms with Crippen molar-refractivity contribution in [2.45, 2.75) is 58.2 Å². The molecule has 1 N–H and O–H groups in total. The minimum absolute atomic E-state index is 0.0390. The Morgan fingerprint density at radius 3 is 2.24 bits per heavy atom. The second kappa shape index (κ2) is 12.4. The van der Waals surface area contributed by atoms with Crippen molar-refractivity contribution in [1.29, 1.82) is 0 Å². The highest BCUT2D eigenvalue weighted by molar-refractivity contribution is 9.10. The Hall–Kier alpha value is -3.44. The quantitative estimate of drug-likeness (QED) is 0.233. The Kier molecular flexibility index (Phi) is 9.01. The fourth-order valence-electron chi connectivity index (χ4n) is 4.73. The van der Waals surface area contributed by atoms with Crippen LogP contribution in [0.2, 0.25) is 0 Å². The summed E-state index contributed by atoms with van der Waals surface area (Å²) in [5.74, 6) is -0.183. The van der Waals surface area contributed by atoms with Crippen LogP contribution in [-0.4, -0.2) is 28.3 Å². The molecule has 4 aromatic rings. The third-order valence-electron chi connectivity index (χ3n) is 6.50. The van der Waals surface area contributed by atoms with Crippen LogP contribution in [-0.2, 0) is 29.0 Å². The molecule has 2 amide bonds. The Bertz CT molecular complexity index is 1390. The molecule has 5 heteroatoms. The van der Waals surface area contributed by atoms with Gasteiger partial charge in [-0.1, -0.05) is 101 Å². The molecule has 4 rings (SSSR count). The highest BCUT2D eigenvalue weighted by Gasteiger charge is 2.32. The van der Waals surface area contributed by atoms with Crippen LogP contribution in [0, 0.1) is 0 Å². The van der Waals surface area contributed by atoms with Crippen molar-refractivity contribution in [3.8, 4) is 0 Å². The topological polar surface area (TPSA) is 49.4 Å². The lowest BCUT2D eigenvalue weighted by Gasteiger charge is -2.34. The minimum Gasteiger partial charge on any atom is -0.350 e. The van der Waals surface area contributed by atoms with Crippen molar-refractivity contribution in [1.82, 2.24) is 10.2 Å². The summed E-state index contributed by atoms with van der Waals surface area (Å²) in [7, 11) is 0. The molecular weight excluding hydrogens is 536 g/mol. The number of aryl methyl sites for hydroxylation is 1. The van der Waals surface area contributed by atoms with Gasteiger partial charge in [0.05, 0.1) is 0 Å². The first-order valence-corrected chi connectivity index (χ1v) is 13.9. The summed E-state index contributed by atoms with van der Waals surface area (Å²) in [6, 6.07) is 31.7. The number of carbonyl (C=O) groups is 2. The molecule has 0 heterocycles. The Morgan fingerprint density at radius 2 is 1.50 bits per heavy atom. The number of hydrogen-bond donors (Lipinski definition) is 1. The molecule has 1 atom stereocenters. The van der Waals surface area contributed by atoms with E-state index < -0.39 is 11.6 Å². The Labute approximate surface area is 234 Å². The summed E-state index contributed by atoms with van der Waals surface area (Å²) in [6.45, 7) is 6.24. The number of fused-ring (bicyclic) bond motifs is 1. The molecule has 196 valence electrons. The van der Waals surface area contributed by atoms with E-state index in [0.717, 1.165) is 31.9 Å². The van der Waals surface area contributed by atoms with Gasteiger partial charge in [-0.25, -0.2) is 0 Å². The molecule has 1 unspecified atom stereocenters. The van der Waals surface area contributed by atoms with E-state index >= 15 is 0 Å². The summed E-state index contributed by atoms with van der Waals surface area (Å²) in [5, 5.41) is 5.45. The normalized spacial score (nSPS) is 12.2. The Morgan fingerprint density at radius 1 is 0.842 bits per heavy atom. The van der Waals surface area contributed by atoms with Crippen molar-refractivity contribution in [3.05, 3.63) is 118 Å². The van der Waals surface area contributed by atoms with Crippen molar-refractivity contribution in [2.24, 2.45) is 0 Å². The second-order valence-electron chi connectivity index (χ2n) is 10.7. The zero-order chi connectivity index (χ0) is 27.1. The lowest BCUT2D eigenvalue weighted by molar-refractivity contribution is -0.141. The van der Waals surface area contributed by atoms with Crippen LogP contribution in [0.1, 0.15) is 43.9 Å². The molecule has 4 aromatic carbocycles. The predicted octanol–water partition coefficient (Wildman–Crippen LogP) is 7.09. The molecule has 0 spiro atoms. The number of halogens is 1. The summed E-state index contributed by atoms with van der Waals surface area (Å²) >= 11 is 3.55. The molecular formula is C33H35BrN2O2. The number of amides is 2. The smallest absolute Gasteiger partial charge is 0.243 e. The first kappa shape index (κ1) is 27.6. The van der Waals surface area contributed by atoms with E-state index in [1.807, 2.05) is 93.6 Å². The molecule has 0 aliphatic rings. The van der Waals surface area contributed by atoms with Crippen LogP contribution in [0.3, 0.4) is 0 Å². The highest BCUT2D eigenvalue weighted by Crippen LogP contribution is 2.23. The third-order valence-corrected chi connectivity index (χ3v) is 6.99. The van der Waals surface area contributed by atoms with Gasteiger partial charge < -0.3 is 10.2 Å². The molecule has 0 saturated heterocycles. The summed E-state index contributed by atoms with van der Waals surface area (Å²) in [4.78, 5) is 29.4. The van der Waals surface area contributed by atoms with Gasteiger partial charge in [-0.3, -0.25) is 9.59 Å². The van der Waals surface area contributed by atoms with Crippen molar-refractivity contribution in [2.75, 3.05) is 0 Å². The maximum atomic E-state index is 14.0. The Balaban J connectivity index is 1.66. The maximum absolute atomic E-state index is 14.0. The zero-order valence-electron chi connectivity index (χ0n) is 22.3. The van der Waals surface area contributed by atoms with E-state index in [0.29, 0.717) is 25.8 Å². The van der Waals surface area contributed by atoms with E-state index in [2.05, 4.69) is 45.5 Å². The average Bonchev–Trinajstić information content (AvgIpc) is 2.89. The number of benzene rings is 4. The molecule has 0 aromatic heterocycles. The van der Waals surface area contributed by atoms with E-state index in [-0.39, 0.29) is 11.8 Å². The highest BCUT2D eigenvalue weighted by atomic mass is 79.9. The monoisotopic (exact) mass is 570 g/mol. The van der Waals surface area contributed by atoms with Crippen LogP contribution in [0.15, 0.2) is 102 Å². The van der Waals surface area contributed by atoms with Gasteiger partial charge in [0.1, 0.15) is 6.04 Å². The fraction of sp³-hybridized carbons (Fsp3) is 0.273. The molecule has 4 nitrogen and oxygen atoms in total. The lowest BCUT2D eigenvalue weighted by atomic mass is 9.98. The van der Waals surface area contributed by atoms with Gasteiger partial charge in [-0.05, 0) is 66.8 Å². The van der Waals surface area contributed by atoms with Gasteiger partial charge in [0.2, 0.25) is 11.8 Å². The van der Waals surface area contributed by atoms with Crippen LogP contribution < -0.4 is 5.32 Å². The van der Waals surface area contributed by atoms with Crippen LogP contribution in [0.25, 0.3) is 10.8 Å². The van der Waals surface area contributed by atoms with E-state index in [4.69, 9.17) is 0 Å². The molecule has 38 heavy (non-hydrogen) atoms. The van der Waals surface area contributed by atoms with Crippen LogP contribution in [0.5, 0.6) is 0 Å². The third kappa shape index (κ3) is 7.55. The van der Waals surface area contributed by atoms with Crippen LogP contribution in [0.4, 0.5) is 0 Å². The average molecular weight is 572 g/mol. The van der Waals surface area contributed by atoms with Crippen molar-refractivity contribution >= 4 is 38.5 Å². The van der Waals surface area contributed by atoms with Crippen LogP contribution >= 0.6 is 15.9 Å². The molecule has 0 aliphatic heterocycles. The van der Waals surface area contributed by atoms with Gasteiger partial charge in [0.25, 0.3) is 0 Å².